The Labute approximate surface area is 126 Å². The summed E-state index contributed by atoms with van der Waals surface area (Å²) in [6, 6.07) is 0. The first kappa shape index (κ1) is 19.3. The molecule has 1 rings (SSSR count). The summed E-state index contributed by atoms with van der Waals surface area (Å²) in [4.78, 5) is 0. The monoisotopic (exact) mass is 344 g/mol. The van der Waals surface area contributed by atoms with Gasteiger partial charge in [-0.15, -0.1) is 0 Å². The van der Waals surface area contributed by atoms with Crippen molar-refractivity contribution in [1.82, 2.24) is 10.9 Å². The third kappa shape index (κ3) is 3.59. The molecule has 126 valence electrons. The Morgan fingerprint density at radius 1 is 0.857 bits per heavy atom. The number of hydrazine groups is 1. The molecule has 0 aromatic heterocycles. The zero-order valence-electron chi connectivity index (χ0n) is 13.1. The van der Waals surface area contributed by atoms with Crippen molar-refractivity contribution in [1.29, 1.82) is 0 Å². The number of hydrogen-bond donors (Lipinski definition) is 2. The molecule has 0 aromatic carbocycles. The maximum Gasteiger partial charge on any atom is 0.364 e. The number of hydrogen-bond acceptors (Lipinski definition) is 8. The van der Waals surface area contributed by atoms with Crippen LogP contribution in [0.2, 0.25) is 0 Å². The standard InChI is InChI=1S/C11H26N2O6P2/c1-5-16-20(14,17-6-2)11(9-10-12-13-11)21(15,18-7-3)19-8-4/h12-13H,5-10H2,1-4H3. The van der Waals surface area contributed by atoms with Gasteiger partial charge in [0, 0.05) is 13.0 Å². The maximum absolute atomic E-state index is 13.3. The first-order chi connectivity index (χ1) is 9.95. The van der Waals surface area contributed by atoms with E-state index in [2.05, 4.69) is 10.9 Å². The van der Waals surface area contributed by atoms with E-state index in [1.165, 1.54) is 0 Å². The third-order valence-corrected chi connectivity index (χ3v) is 9.33. The molecule has 1 saturated heterocycles. The van der Waals surface area contributed by atoms with E-state index in [-0.39, 0.29) is 32.8 Å². The Balaban J connectivity index is 3.34. The van der Waals surface area contributed by atoms with Gasteiger partial charge in [-0.1, -0.05) is 0 Å². The van der Waals surface area contributed by atoms with Crippen LogP contribution in [-0.2, 0) is 27.2 Å². The van der Waals surface area contributed by atoms with Gasteiger partial charge in [-0.3, -0.25) is 14.6 Å². The SMILES string of the molecule is CCOP(=O)(OCC)C1(P(=O)(OCC)OCC)CCNN1. The average molecular weight is 344 g/mol. The zero-order valence-corrected chi connectivity index (χ0v) is 14.9. The first-order valence-corrected chi connectivity index (χ1v) is 10.3. The van der Waals surface area contributed by atoms with Crippen molar-refractivity contribution in [3.8, 4) is 0 Å². The fraction of sp³-hybridized carbons (Fsp3) is 1.00. The summed E-state index contributed by atoms with van der Waals surface area (Å²) in [7, 11) is -7.53. The lowest BCUT2D eigenvalue weighted by atomic mass is 10.5. The van der Waals surface area contributed by atoms with E-state index in [1.807, 2.05) is 0 Å². The van der Waals surface area contributed by atoms with E-state index in [1.54, 1.807) is 27.7 Å². The normalized spacial score (nSPS) is 19.0. The van der Waals surface area contributed by atoms with E-state index in [4.69, 9.17) is 18.1 Å². The van der Waals surface area contributed by atoms with Crippen molar-refractivity contribution in [3.05, 3.63) is 0 Å². The summed E-state index contributed by atoms with van der Waals surface area (Å²) in [5.74, 6) is 0. The molecule has 0 aliphatic carbocycles. The highest BCUT2D eigenvalue weighted by Gasteiger charge is 2.66. The van der Waals surface area contributed by atoms with Crippen LogP contribution < -0.4 is 10.9 Å². The summed E-state index contributed by atoms with van der Waals surface area (Å²) < 4.78 is 48.1. The summed E-state index contributed by atoms with van der Waals surface area (Å²) in [6.45, 7) is 7.92. The van der Waals surface area contributed by atoms with Gasteiger partial charge in [-0.05, 0) is 27.7 Å². The molecule has 0 amide bonds. The molecule has 1 heterocycles. The molecule has 1 fully saturated rings. The lowest BCUT2D eigenvalue weighted by Crippen LogP contribution is -2.45. The summed E-state index contributed by atoms with van der Waals surface area (Å²) in [5, 5.41) is -1.53. The van der Waals surface area contributed by atoms with Crippen molar-refractivity contribution in [2.75, 3.05) is 33.0 Å². The summed E-state index contributed by atoms with van der Waals surface area (Å²) >= 11 is 0. The van der Waals surface area contributed by atoms with Crippen LogP contribution in [0.1, 0.15) is 34.1 Å². The molecule has 10 heteroatoms. The minimum Gasteiger partial charge on any atom is -0.307 e. The van der Waals surface area contributed by atoms with Gasteiger partial charge >= 0.3 is 15.2 Å². The lowest BCUT2D eigenvalue weighted by Gasteiger charge is -2.38. The third-order valence-electron chi connectivity index (χ3n) is 2.99. The fourth-order valence-electron chi connectivity index (χ4n) is 2.25. The van der Waals surface area contributed by atoms with Gasteiger partial charge in [0.05, 0.1) is 26.4 Å². The maximum atomic E-state index is 13.3. The molecule has 0 atom stereocenters. The molecule has 0 aromatic rings. The molecule has 1 aliphatic heterocycles. The lowest BCUT2D eigenvalue weighted by molar-refractivity contribution is 0.171. The number of rotatable bonds is 10. The topological polar surface area (TPSA) is 95.1 Å². The Hall–Kier alpha value is 0.220. The van der Waals surface area contributed by atoms with Crippen LogP contribution in [0.5, 0.6) is 0 Å². The summed E-state index contributed by atoms with van der Waals surface area (Å²) in [5.41, 5.74) is 5.66. The second-order valence-corrected chi connectivity index (χ2v) is 9.19. The quantitative estimate of drug-likeness (QED) is 0.584. The van der Waals surface area contributed by atoms with Crippen LogP contribution in [0, 0.1) is 0 Å². The highest BCUT2D eigenvalue weighted by molar-refractivity contribution is 7.74. The molecule has 0 bridgehead atoms. The molecule has 0 radical (unpaired) electrons. The molecular formula is C11H26N2O6P2. The molecule has 1 aliphatic rings. The molecule has 0 unspecified atom stereocenters. The van der Waals surface area contributed by atoms with Crippen LogP contribution in [-0.4, -0.2) is 38.0 Å². The Kier molecular flexibility index (Phi) is 7.50. The molecule has 8 nitrogen and oxygen atoms in total. The second-order valence-electron chi connectivity index (χ2n) is 4.28. The van der Waals surface area contributed by atoms with Gasteiger partial charge in [0.15, 0.2) is 0 Å². The van der Waals surface area contributed by atoms with Crippen molar-refractivity contribution < 1.29 is 27.2 Å². The van der Waals surface area contributed by atoms with Crippen LogP contribution in [0.25, 0.3) is 0 Å². The minimum atomic E-state index is -3.77. The van der Waals surface area contributed by atoms with Gasteiger partial charge in [0.1, 0.15) is 0 Å². The molecule has 2 N–H and O–H groups in total. The molecule has 21 heavy (non-hydrogen) atoms. The molecular weight excluding hydrogens is 318 g/mol. The second kappa shape index (κ2) is 8.18. The van der Waals surface area contributed by atoms with Crippen LogP contribution in [0.3, 0.4) is 0 Å². The van der Waals surface area contributed by atoms with E-state index in [9.17, 15) is 9.13 Å². The predicted molar refractivity (Wildman–Crippen MR) is 80.2 cm³/mol. The molecule has 0 spiro atoms. The smallest absolute Gasteiger partial charge is 0.307 e. The largest absolute Gasteiger partial charge is 0.364 e. The van der Waals surface area contributed by atoms with Crippen molar-refractivity contribution >= 4 is 15.2 Å². The fourth-order valence-corrected chi connectivity index (χ4v) is 7.70. The van der Waals surface area contributed by atoms with E-state index < -0.39 is 20.2 Å². The predicted octanol–water partition coefficient (Wildman–Crippen LogP) is 2.67. The van der Waals surface area contributed by atoms with Crippen molar-refractivity contribution in [3.63, 3.8) is 0 Å². The van der Waals surface area contributed by atoms with Crippen LogP contribution in [0.4, 0.5) is 0 Å². The number of nitrogens with one attached hydrogen (secondary N) is 2. The van der Waals surface area contributed by atoms with Crippen molar-refractivity contribution in [2.45, 2.75) is 39.1 Å². The van der Waals surface area contributed by atoms with E-state index in [0.29, 0.717) is 6.54 Å². The average Bonchev–Trinajstić information content (AvgIpc) is 2.91. The van der Waals surface area contributed by atoms with Gasteiger partial charge in [0.2, 0.25) is 5.02 Å². The Morgan fingerprint density at radius 3 is 1.48 bits per heavy atom. The first-order valence-electron chi connectivity index (χ1n) is 7.23. The van der Waals surface area contributed by atoms with Crippen LogP contribution >= 0.6 is 15.2 Å². The van der Waals surface area contributed by atoms with E-state index in [0.717, 1.165) is 0 Å². The zero-order chi connectivity index (χ0) is 16.0. The van der Waals surface area contributed by atoms with Crippen molar-refractivity contribution in [2.24, 2.45) is 0 Å². The van der Waals surface area contributed by atoms with Gasteiger partial charge < -0.3 is 18.1 Å². The summed E-state index contributed by atoms with van der Waals surface area (Å²) in [6.07, 6.45) is 0.252. The van der Waals surface area contributed by atoms with Gasteiger partial charge in [-0.2, -0.15) is 0 Å². The van der Waals surface area contributed by atoms with Gasteiger partial charge in [-0.25, -0.2) is 5.43 Å². The highest BCUT2D eigenvalue weighted by atomic mass is 31.2. The van der Waals surface area contributed by atoms with Crippen LogP contribution in [0.15, 0.2) is 0 Å². The minimum absolute atomic E-state index is 0.166. The Morgan fingerprint density at radius 2 is 1.24 bits per heavy atom. The van der Waals surface area contributed by atoms with E-state index >= 15 is 0 Å². The molecule has 0 saturated carbocycles. The highest BCUT2D eigenvalue weighted by Crippen LogP contribution is 2.78. The van der Waals surface area contributed by atoms with Gasteiger partial charge in [0.25, 0.3) is 0 Å². The Bertz CT molecular complexity index is 362.